The molecule has 4 fully saturated rings. The van der Waals surface area contributed by atoms with Crippen LogP contribution in [-0.2, 0) is 11.4 Å². The van der Waals surface area contributed by atoms with Gasteiger partial charge < -0.3 is 9.94 Å². The van der Waals surface area contributed by atoms with E-state index in [2.05, 4.69) is 19.0 Å². The number of nitro groups is 1. The van der Waals surface area contributed by atoms with E-state index >= 15 is 0 Å². The Labute approximate surface area is 190 Å². The molecule has 0 bridgehead atoms. The smallest absolute Gasteiger partial charge is 0.269 e. The number of oxime groups is 1. The van der Waals surface area contributed by atoms with Gasteiger partial charge in [-0.25, -0.2) is 0 Å². The number of non-ortho nitro benzene ring substituents is 1. The average molecular weight is 441 g/mol. The van der Waals surface area contributed by atoms with Crippen molar-refractivity contribution in [1.29, 1.82) is 0 Å². The standard InChI is InChI=1S/C26H36N2O4/c1-25-13-11-20(29)15-18(25)5-8-21-22-9-10-24(26(22,2)14-12-23(21)25)27-32-16-17-3-6-19(7-4-17)28(30)31/h3-4,6-7,18,20-23,29H,5,8-16H2,1-2H3/b27-24-/t18-,20-,21-,22-,23-,25-,26-/m0/s1. The maximum Gasteiger partial charge on any atom is 0.269 e. The van der Waals surface area contributed by atoms with E-state index in [-0.39, 0.29) is 22.1 Å². The molecule has 4 saturated carbocycles. The van der Waals surface area contributed by atoms with E-state index in [1.54, 1.807) is 12.1 Å². The molecule has 0 spiro atoms. The van der Waals surface area contributed by atoms with Crippen molar-refractivity contribution in [3.63, 3.8) is 0 Å². The van der Waals surface area contributed by atoms with Crippen LogP contribution in [0.15, 0.2) is 29.4 Å². The Balaban J connectivity index is 1.27. The van der Waals surface area contributed by atoms with Gasteiger partial charge in [-0.15, -0.1) is 0 Å². The monoisotopic (exact) mass is 440 g/mol. The van der Waals surface area contributed by atoms with E-state index in [9.17, 15) is 15.2 Å². The summed E-state index contributed by atoms with van der Waals surface area (Å²) in [7, 11) is 0. The van der Waals surface area contributed by atoms with Crippen LogP contribution < -0.4 is 0 Å². The fourth-order valence-electron chi connectivity index (χ4n) is 8.07. The molecule has 5 rings (SSSR count). The van der Waals surface area contributed by atoms with Crippen LogP contribution in [0.25, 0.3) is 0 Å². The van der Waals surface area contributed by atoms with E-state index in [1.807, 2.05) is 0 Å². The summed E-state index contributed by atoms with van der Waals surface area (Å²) in [4.78, 5) is 16.2. The first-order valence-electron chi connectivity index (χ1n) is 12.4. The zero-order valence-corrected chi connectivity index (χ0v) is 19.3. The molecule has 1 aromatic rings. The molecule has 4 aliphatic rings. The summed E-state index contributed by atoms with van der Waals surface area (Å²) in [5, 5.41) is 25.7. The molecule has 0 saturated heterocycles. The molecular weight excluding hydrogens is 404 g/mol. The molecule has 6 nitrogen and oxygen atoms in total. The lowest BCUT2D eigenvalue weighted by molar-refractivity contribution is -0.384. The van der Waals surface area contributed by atoms with E-state index in [4.69, 9.17) is 4.84 Å². The van der Waals surface area contributed by atoms with E-state index in [0.717, 1.165) is 36.7 Å². The van der Waals surface area contributed by atoms with Crippen LogP contribution in [0.2, 0.25) is 0 Å². The quantitative estimate of drug-likeness (QED) is 0.469. The lowest BCUT2D eigenvalue weighted by atomic mass is 9.45. The van der Waals surface area contributed by atoms with Gasteiger partial charge in [0.1, 0.15) is 6.61 Å². The minimum Gasteiger partial charge on any atom is -0.393 e. The lowest BCUT2D eigenvalue weighted by Gasteiger charge is -2.60. The van der Waals surface area contributed by atoms with Crippen molar-refractivity contribution in [1.82, 2.24) is 0 Å². The summed E-state index contributed by atoms with van der Waals surface area (Å²) in [6, 6.07) is 6.51. The number of aliphatic hydroxyl groups is 1. The molecule has 0 amide bonds. The molecule has 1 aromatic carbocycles. The second-order valence-electron chi connectivity index (χ2n) is 11.3. The zero-order chi connectivity index (χ0) is 22.5. The Hall–Kier alpha value is -1.95. The summed E-state index contributed by atoms with van der Waals surface area (Å²) in [5.74, 6) is 2.93. The number of aliphatic hydroxyl groups excluding tert-OH is 1. The van der Waals surface area contributed by atoms with Crippen molar-refractivity contribution < 1.29 is 14.9 Å². The van der Waals surface area contributed by atoms with Gasteiger partial charge in [0.15, 0.2) is 0 Å². The molecule has 6 heteroatoms. The van der Waals surface area contributed by atoms with Crippen LogP contribution in [0.5, 0.6) is 0 Å². The third-order valence-corrected chi connectivity index (χ3v) is 9.93. The first-order chi connectivity index (χ1) is 15.3. The number of hydrogen-bond donors (Lipinski definition) is 1. The van der Waals surface area contributed by atoms with Crippen LogP contribution in [0.3, 0.4) is 0 Å². The Morgan fingerprint density at radius 3 is 2.62 bits per heavy atom. The highest BCUT2D eigenvalue weighted by molar-refractivity contribution is 5.92. The molecule has 4 aliphatic carbocycles. The SMILES string of the molecule is C[C@]12CC[C@H](O)C[C@@H]1CC[C@@H]1[C@@H]2CC[C@]2(C)/C(=N\OCc3ccc([N+](=O)[O-])cc3)CC[C@@H]12. The van der Waals surface area contributed by atoms with Gasteiger partial charge in [-0.1, -0.05) is 19.0 Å². The molecule has 7 atom stereocenters. The predicted molar refractivity (Wildman–Crippen MR) is 123 cm³/mol. The van der Waals surface area contributed by atoms with Crippen LogP contribution in [0, 0.1) is 44.6 Å². The fourth-order valence-corrected chi connectivity index (χ4v) is 8.07. The average Bonchev–Trinajstić information content (AvgIpc) is 3.11. The molecule has 0 unspecified atom stereocenters. The van der Waals surface area contributed by atoms with Crippen LogP contribution in [-0.4, -0.2) is 21.8 Å². The Morgan fingerprint density at radius 2 is 1.88 bits per heavy atom. The molecule has 0 aromatic heterocycles. The zero-order valence-electron chi connectivity index (χ0n) is 19.3. The molecule has 0 radical (unpaired) electrons. The number of benzene rings is 1. The van der Waals surface area contributed by atoms with Crippen molar-refractivity contribution in [2.45, 2.75) is 84.3 Å². The molecular formula is C26H36N2O4. The minimum atomic E-state index is -0.385. The van der Waals surface area contributed by atoms with Gasteiger partial charge in [0.2, 0.25) is 0 Å². The summed E-state index contributed by atoms with van der Waals surface area (Å²) in [6.45, 7) is 5.28. The number of nitro benzene ring substituents is 1. The molecule has 174 valence electrons. The third kappa shape index (κ3) is 3.55. The number of nitrogens with zero attached hydrogens (tertiary/aromatic N) is 2. The van der Waals surface area contributed by atoms with Crippen LogP contribution >= 0.6 is 0 Å². The van der Waals surface area contributed by atoms with Crippen molar-refractivity contribution in [2.24, 2.45) is 39.7 Å². The van der Waals surface area contributed by atoms with E-state index < -0.39 is 0 Å². The summed E-state index contributed by atoms with van der Waals surface area (Å²) in [6.07, 6.45) is 10.3. The number of fused-ring (bicyclic) bond motifs is 5. The van der Waals surface area contributed by atoms with Gasteiger partial charge in [0, 0.05) is 17.5 Å². The maximum atomic E-state index is 10.8. The van der Waals surface area contributed by atoms with E-state index in [0.29, 0.717) is 23.9 Å². The second-order valence-corrected chi connectivity index (χ2v) is 11.3. The largest absolute Gasteiger partial charge is 0.393 e. The van der Waals surface area contributed by atoms with Crippen molar-refractivity contribution >= 4 is 11.4 Å². The molecule has 0 heterocycles. The predicted octanol–water partition coefficient (Wildman–Crippen LogP) is 5.87. The summed E-state index contributed by atoms with van der Waals surface area (Å²) >= 11 is 0. The second kappa shape index (κ2) is 8.12. The van der Waals surface area contributed by atoms with Crippen molar-refractivity contribution in [2.75, 3.05) is 0 Å². The van der Waals surface area contributed by atoms with Crippen LogP contribution in [0.1, 0.15) is 77.2 Å². The first-order valence-corrected chi connectivity index (χ1v) is 12.4. The van der Waals surface area contributed by atoms with E-state index in [1.165, 1.54) is 56.4 Å². The summed E-state index contributed by atoms with van der Waals surface area (Å²) < 4.78 is 0. The topological polar surface area (TPSA) is 85.0 Å². The fraction of sp³-hybridized carbons (Fsp3) is 0.731. The third-order valence-electron chi connectivity index (χ3n) is 9.93. The molecule has 1 N–H and O–H groups in total. The van der Waals surface area contributed by atoms with Crippen molar-refractivity contribution in [3.8, 4) is 0 Å². The molecule has 0 aliphatic heterocycles. The Bertz CT molecular complexity index is 900. The normalized spacial score (nSPS) is 42.1. The number of hydrogen-bond acceptors (Lipinski definition) is 5. The highest BCUT2D eigenvalue weighted by Gasteiger charge is 2.59. The van der Waals surface area contributed by atoms with Gasteiger partial charge in [-0.05, 0) is 105 Å². The lowest BCUT2D eigenvalue weighted by Crippen LogP contribution is -2.54. The minimum absolute atomic E-state index is 0.0865. The first kappa shape index (κ1) is 21.9. The molecule has 32 heavy (non-hydrogen) atoms. The van der Waals surface area contributed by atoms with Gasteiger partial charge in [0.25, 0.3) is 5.69 Å². The van der Waals surface area contributed by atoms with Crippen molar-refractivity contribution in [3.05, 3.63) is 39.9 Å². The van der Waals surface area contributed by atoms with Gasteiger partial charge in [-0.2, -0.15) is 0 Å². The highest BCUT2D eigenvalue weighted by Crippen LogP contribution is 2.65. The van der Waals surface area contributed by atoms with Crippen LogP contribution in [0.4, 0.5) is 5.69 Å². The highest BCUT2D eigenvalue weighted by atomic mass is 16.6. The summed E-state index contributed by atoms with van der Waals surface area (Å²) in [5.41, 5.74) is 2.74. The Kier molecular flexibility index (Phi) is 5.55. The number of rotatable bonds is 4. The van der Waals surface area contributed by atoms with Gasteiger partial charge in [0.05, 0.1) is 16.7 Å². The van der Waals surface area contributed by atoms with Gasteiger partial charge in [-0.3, -0.25) is 10.1 Å². The maximum absolute atomic E-state index is 10.8. The Morgan fingerprint density at radius 1 is 1.09 bits per heavy atom. The van der Waals surface area contributed by atoms with Gasteiger partial charge >= 0.3 is 0 Å².